The molecule has 0 amide bonds. The van der Waals surface area contributed by atoms with E-state index in [1.165, 1.54) is 5.56 Å². The van der Waals surface area contributed by atoms with E-state index in [1.807, 2.05) is 20.0 Å². The van der Waals surface area contributed by atoms with Crippen molar-refractivity contribution in [3.8, 4) is 0 Å². The molecule has 2 aromatic heterocycles. The molecule has 1 unspecified atom stereocenters. The summed E-state index contributed by atoms with van der Waals surface area (Å²) in [4.78, 5) is 15.9. The molecule has 1 aliphatic rings. The third-order valence-corrected chi connectivity index (χ3v) is 5.04. The molecule has 3 rings (SSSR count). The Morgan fingerprint density at radius 1 is 1.33 bits per heavy atom. The lowest BCUT2D eigenvalue weighted by atomic mass is 10.1. The van der Waals surface area contributed by atoms with E-state index in [0.717, 1.165) is 44.3 Å². The third kappa shape index (κ3) is 6.16. The maximum absolute atomic E-state index is 5.50. The van der Waals surface area contributed by atoms with Crippen molar-refractivity contribution in [3.63, 3.8) is 0 Å². The van der Waals surface area contributed by atoms with E-state index in [0.29, 0.717) is 30.9 Å². The van der Waals surface area contributed by atoms with Crippen LogP contribution in [0.15, 0.2) is 27.8 Å². The number of piperidine rings is 1. The number of aliphatic imine (C=N–C) groups is 1. The predicted octanol–water partition coefficient (Wildman–Crippen LogP) is 2.59. The Morgan fingerprint density at radius 2 is 2.13 bits per heavy atom. The minimum Gasteiger partial charge on any atom is -0.371 e. The van der Waals surface area contributed by atoms with Crippen LogP contribution in [-0.4, -0.2) is 53.4 Å². The van der Waals surface area contributed by atoms with Gasteiger partial charge in [-0.25, -0.2) is 9.98 Å². The Labute approximate surface area is 178 Å². The average Bonchev–Trinajstić information content (AvgIpc) is 3.23. The second-order valence-corrected chi connectivity index (χ2v) is 7.44. The maximum atomic E-state index is 5.50. The largest absolute Gasteiger partial charge is 0.371 e. The molecule has 1 atom stereocenters. The molecule has 0 bridgehead atoms. The van der Waals surface area contributed by atoms with Crippen LogP contribution in [0.1, 0.15) is 57.0 Å². The molecule has 3 heterocycles. The fourth-order valence-electron chi connectivity index (χ4n) is 3.38. The number of guanidine groups is 1. The van der Waals surface area contributed by atoms with Gasteiger partial charge < -0.3 is 24.8 Å². The Balaban J connectivity index is 1.52. The van der Waals surface area contributed by atoms with Crippen LogP contribution in [0.5, 0.6) is 0 Å². The van der Waals surface area contributed by atoms with E-state index in [4.69, 9.17) is 9.26 Å². The van der Waals surface area contributed by atoms with Gasteiger partial charge in [0.2, 0.25) is 5.89 Å². The number of ether oxygens (including phenoxy) is 1. The molecule has 9 nitrogen and oxygen atoms in total. The van der Waals surface area contributed by atoms with Crippen molar-refractivity contribution in [2.75, 3.05) is 31.1 Å². The molecule has 0 radical (unpaired) electrons. The molecule has 2 aromatic rings. The van der Waals surface area contributed by atoms with Crippen LogP contribution >= 0.6 is 0 Å². The van der Waals surface area contributed by atoms with Gasteiger partial charge in [0, 0.05) is 38.5 Å². The molecular weight excluding hydrogens is 382 g/mol. The minimum absolute atomic E-state index is 0.184. The van der Waals surface area contributed by atoms with Crippen LogP contribution < -0.4 is 15.5 Å². The van der Waals surface area contributed by atoms with Crippen LogP contribution in [0.3, 0.4) is 0 Å². The summed E-state index contributed by atoms with van der Waals surface area (Å²) in [7, 11) is 0. The number of hydrogen-bond donors (Lipinski definition) is 2. The van der Waals surface area contributed by atoms with E-state index >= 15 is 0 Å². The first-order valence-electron chi connectivity index (χ1n) is 10.8. The average molecular weight is 416 g/mol. The number of aromatic nitrogens is 3. The predicted molar refractivity (Wildman–Crippen MR) is 116 cm³/mol. The lowest BCUT2D eigenvalue weighted by molar-refractivity contribution is 0.0683. The van der Waals surface area contributed by atoms with Crippen molar-refractivity contribution in [3.05, 3.63) is 35.6 Å². The van der Waals surface area contributed by atoms with E-state index in [1.54, 1.807) is 0 Å². The van der Waals surface area contributed by atoms with Crippen LogP contribution in [-0.2, 0) is 11.3 Å². The zero-order chi connectivity index (χ0) is 21.3. The maximum Gasteiger partial charge on any atom is 0.248 e. The summed E-state index contributed by atoms with van der Waals surface area (Å²) in [6.07, 6.45) is 3.79. The highest BCUT2D eigenvalue weighted by Crippen LogP contribution is 2.18. The summed E-state index contributed by atoms with van der Waals surface area (Å²) in [5, 5.41) is 10.8. The Kier molecular flexibility index (Phi) is 8.01. The molecule has 30 heavy (non-hydrogen) atoms. The van der Waals surface area contributed by atoms with E-state index < -0.39 is 0 Å². The van der Waals surface area contributed by atoms with Crippen molar-refractivity contribution in [1.29, 1.82) is 0 Å². The van der Waals surface area contributed by atoms with Gasteiger partial charge in [-0.05, 0) is 52.2 Å². The van der Waals surface area contributed by atoms with E-state index in [-0.39, 0.29) is 6.10 Å². The third-order valence-electron chi connectivity index (χ3n) is 5.04. The first-order chi connectivity index (χ1) is 14.6. The lowest BCUT2D eigenvalue weighted by Gasteiger charge is -2.33. The summed E-state index contributed by atoms with van der Waals surface area (Å²) in [5.74, 6) is 2.85. The highest BCUT2D eigenvalue weighted by atomic mass is 16.5. The number of aryl methyl sites for hydroxylation is 1. The normalized spacial score (nSPS) is 16.5. The van der Waals surface area contributed by atoms with E-state index in [2.05, 4.69) is 61.6 Å². The minimum atomic E-state index is -0.184. The summed E-state index contributed by atoms with van der Waals surface area (Å²) in [6.45, 7) is 11.6. The van der Waals surface area contributed by atoms with Gasteiger partial charge in [0.25, 0.3) is 0 Å². The smallest absolute Gasteiger partial charge is 0.248 e. The molecule has 0 aliphatic carbocycles. The Bertz CT molecular complexity index is 798. The second kappa shape index (κ2) is 10.9. The summed E-state index contributed by atoms with van der Waals surface area (Å²) in [6, 6.07) is 4.57. The monoisotopic (exact) mass is 415 g/mol. The molecule has 1 fully saturated rings. The van der Waals surface area contributed by atoms with Gasteiger partial charge in [0.15, 0.2) is 11.8 Å². The van der Waals surface area contributed by atoms with Gasteiger partial charge in [-0.2, -0.15) is 4.98 Å². The first kappa shape index (κ1) is 22.0. The van der Waals surface area contributed by atoms with E-state index in [9.17, 15) is 0 Å². The number of rotatable bonds is 8. The van der Waals surface area contributed by atoms with Crippen LogP contribution in [0.25, 0.3) is 0 Å². The summed E-state index contributed by atoms with van der Waals surface area (Å²) < 4.78 is 10.8. The Morgan fingerprint density at radius 3 is 2.80 bits per heavy atom. The summed E-state index contributed by atoms with van der Waals surface area (Å²) >= 11 is 0. The van der Waals surface area contributed by atoms with Crippen molar-refractivity contribution in [2.45, 2.75) is 59.2 Å². The number of nitrogens with one attached hydrogen (secondary N) is 2. The van der Waals surface area contributed by atoms with Crippen LogP contribution in [0.4, 0.5) is 5.82 Å². The Hall–Kier alpha value is -2.68. The number of hydrogen-bond acceptors (Lipinski definition) is 7. The van der Waals surface area contributed by atoms with Gasteiger partial charge in [-0.15, -0.1) is 0 Å². The van der Waals surface area contributed by atoms with Crippen molar-refractivity contribution < 1.29 is 9.26 Å². The van der Waals surface area contributed by atoms with Gasteiger partial charge in [-0.1, -0.05) is 11.2 Å². The number of nitrogens with zero attached hydrogens (tertiary/aromatic N) is 5. The molecule has 1 aliphatic heterocycles. The molecule has 0 aromatic carbocycles. The van der Waals surface area contributed by atoms with Gasteiger partial charge in [0.1, 0.15) is 18.5 Å². The molecule has 0 spiro atoms. The molecule has 0 saturated carbocycles. The number of pyridine rings is 1. The van der Waals surface area contributed by atoms with Gasteiger partial charge >= 0.3 is 0 Å². The SMILES string of the molecule is CCNC(=NCc1nc(C(C)OCC)no1)NC1CCN(c2ccc(C)cn2)CC1. The highest BCUT2D eigenvalue weighted by molar-refractivity contribution is 5.80. The van der Waals surface area contributed by atoms with Crippen molar-refractivity contribution in [1.82, 2.24) is 25.8 Å². The quantitative estimate of drug-likeness (QED) is 0.501. The van der Waals surface area contributed by atoms with Crippen LogP contribution in [0.2, 0.25) is 0 Å². The fraction of sp³-hybridized carbons (Fsp3) is 0.619. The molecule has 1 saturated heterocycles. The molecule has 9 heteroatoms. The van der Waals surface area contributed by atoms with Crippen molar-refractivity contribution in [2.24, 2.45) is 4.99 Å². The zero-order valence-electron chi connectivity index (χ0n) is 18.4. The standard InChI is InChI=1S/C21H33N7O2/c1-5-22-21(24-14-19-26-20(27-30-19)16(4)29-6-2)25-17-9-11-28(12-10-17)18-8-7-15(3)13-23-18/h7-8,13,16-17H,5-6,9-12,14H2,1-4H3,(H2,22,24,25). The molecule has 164 valence electrons. The number of anilines is 1. The lowest BCUT2D eigenvalue weighted by Crippen LogP contribution is -2.48. The fourth-order valence-corrected chi connectivity index (χ4v) is 3.38. The molecular formula is C21H33N7O2. The highest BCUT2D eigenvalue weighted by Gasteiger charge is 2.21. The topological polar surface area (TPSA) is 101 Å². The summed E-state index contributed by atoms with van der Waals surface area (Å²) in [5.41, 5.74) is 1.18. The first-order valence-corrected chi connectivity index (χ1v) is 10.8. The zero-order valence-corrected chi connectivity index (χ0v) is 18.4. The second-order valence-electron chi connectivity index (χ2n) is 7.44. The van der Waals surface area contributed by atoms with Crippen molar-refractivity contribution >= 4 is 11.8 Å². The van der Waals surface area contributed by atoms with Crippen LogP contribution in [0, 0.1) is 6.92 Å². The van der Waals surface area contributed by atoms with Gasteiger partial charge in [-0.3, -0.25) is 0 Å². The van der Waals surface area contributed by atoms with Gasteiger partial charge in [0.05, 0.1) is 0 Å². The molecule has 2 N–H and O–H groups in total.